The molecule has 1 aromatic rings. The van der Waals surface area contributed by atoms with Crippen LogP contribution in [0.5, 0.6) is 5.75 Å². The fourth-order valence-corrected chi connectivity index (χ4v) is 3.88. The SMILES string of the molecule is CCC[C@@H](NC(=O)CCN1C(=O)/C(=C\c2ccc(OC)cc2)SC1=S)C(=O)O. The van der Waals surface area contributed by atoms with Crippen LogP contribution in [0.2, 0.25) is 0 Å². The van der Waals surface area contributed by atoms with Gasteiger partial charge in [-0.15, -0.1) is 0 Å². The van der Waals surface area contributed by atoms with Crippen LogP contribution in [0.25, 0.3) is 6.08 Å². The third-order valence-electron chi connectivity index (χ3n) is 4.06. The van der Waals surface area contributed by atoms with Crippen molar-refractivity contribution in [3.05, 3.63) is 34.7 Å². The van der Waals surface area contributed by atoms with Crippen molar-refractivity contribution in [2.75, 3.05) is 13.7 Å². The molecule has 1 aliphatic heterocycles. The third kappa shape index (κ3) is 5.80. The van der Waals surface area contributed by atoms with Gasteiger partial charge in [0.15, 0.2) is 0 Å². The number of carbonyl (C=O) groups excluding carboxylic acids is 2. The fourth-order valence-electron chi connectivity index (χ4n) is 2.57. The summed E-state index contributed by atoms with van der Waals surface area (Å²) in [6.45, 7) is 1.95. The number of nitrogens with zero attached hydrogens (tertiary/aromatic N) is 1. The Morgan fingerprint density at radius 2 is 2.04 bits per heavy atom. The van der Waals surface area contributed by atoms with Gasteiger partial charge in [-0.2, -0.15) is 0 Å². The van der Waals surface area contributed by atoms with Crippen LogP contribution in [0.1, 0.15) is 31.7 Å². The van der Waals surface area contributed by atoms with Gasteiger partial charge in [-0.1, -0.05) is 49.5 Å². The van der Waals surface area contributed by atoms with E-state index in [4.69, 9.17) is 22.1 Å². The number of carbonyl (C=O) groups is 3. The molecule has 0 bridgehead atoms. The molecule has 150 valence electrons. The maximum atomic E-state index is 12.6. The average molecular weight is 423 g/mol. The molecule has 28 heavy (non-hydrogen) atoms. The molecule has 2 amide bonds. The molecular weight excluding hydrogens is 400 g/mol. The highest BCUT2D eigenvalue weighted by molar-refractivity contribution is 8.26. The Morgan fingerprint density at radius 3 is 2.61 bits per heavy atom. The lowest BCUT2D eigenvalue weighted by atomic mass is 10.1. The van der Waals surface area contributed by atoms with E-state index in [0.717, 1.165) is 11.3 Å². The molecule has 0 aliphatic carbocycles. The first kappa shape index (κ1) is 21.9. The summed E-state index contributed by atoms with van der Waals surface area (Å²) in [5, 5.41) is 11.6. The molecule has 0 radical (unpaired) electrons. The Labute approximate surface area is 173 Å². The predicted molar refractivity (Wildman–Crippen MR) is 112 cm³/mol. The van der Waals surface area contributed by atoms with Crippen molar-refractivity contribution in [3.63, 3.8) is 0 Å². The van der Waals surface area contributed by atoms with Gasteiger partial charge in [0.05, 0.1) is 12.0 Å². The Hall–Kier alpha value is -2.39. The van der Waals surface area contributed by atoms with E-state index < -0.39 is 17.9 Å². The number of thioether (sulfide) groups is 1. The zero-order chi connectivity index (χ0) is 20.7. The minimum absolute atomic E-state index is 0.0181. The van der Waals surface area contributed by atoms with E-state index in [1.807, 2.05) is 19.1 Å². The smallest absolute Gasteiger partial charge is 0.326 e. The van der Waals surface area contributed by atoms with Crippen LogP contribution in [0, 0.1) is 0 Å². The van der Waals surface area contributed by atoms with E-state index in [1.165, 1.54) is 16.7 Å². The standard InChI is InChI=1S/C19H22N2O5S2/c1-3-4-14(18(24)25)20-16(22)9-10-21-17(23)15(28-19(21)27)11-12-5-7-13(26-2)8-6-12/h5-8,11,14H,3-4,9-10H2,1-2H3,(H,20,22)(H,24,25)/b15-11+/t14-/m1/s1. The van der Waals surface area contributed by atoms with E-state index in [-0.39, 0.29) is 18.9 Å². The van der Waals surface area contributed by atoms with Gasteiger partial charge in [0.2, 0.25) is 5.91 Å². The van der Waals surface area contributed by atoms with E-state index >= 15 is 0 Å². The second-order valence-corrected chi connectivity index (χ2v) is 7.78. The van der Waals surface area contributed by atoms with Crippen LogP contribution in [-0.2, 0) is 14.4 Å². The number of rotatable bonds is 9. The van der Waals surface area contributed by atoms with Crippen LogP contribution in [-0.4, -0.2) is 51.8 Å². The van der Waals surface area contributed by atoms with Gasteiger partial charge in [0, 0.05) is 13.0 Å². The summed E-state index contributed by atoms with van der Waals surface area (Å²) in [4.78, 5) is 37.6. The van der Waals surface area contributed by atoms with E-state index in [9.17, 15) is 14.4 Å². The quantitative estimate of drug-likeness (QED) is 0.466. The maximum Gasteiger partial charge on any atom is 0.326 e. The molecule has 9 heteroatoms. The molecule has 0 saturated carbocycles. The number of hydrogen-bond donors (Lipinski definition) is 2. The molecule has 0 aromatic heterocycles. The van der Waals surface area contributed by atoms with Gasteiger partial charge in [0.25, 0.3) is 5.91 Å². The molecule has 7 nitrogen and oxygen atoms in total. The number of carboxylic acids is 1. The van der Waals surface area contributed by atoms with Crippen molar-refractivity contribution in [1.82, 2.24) is 10.2 Å². The average Bonchev–Trinajstić information content (AvgIpc) is 2.93. The van der Waals surface area contributed by atoms with Gasteiger partial charge in [-0.3, -0.25) is 14.5 Å². The van der Waals surface area contributed by atoms with Crippen molar-refractivity contribution >= 4 is 52.2 Å². The zero-order valence-electron chi connectivity index (χ0n) is 15.6. The van der Waals surface area contributed by atoms with Gasteiger partial charge >= 0.3 is 5.97 Å². The van der Waals surface area contributed by atoms with Crippen molar-refractivity contribution in [2.45, 2.75) is 32.2 Å². The predicted octanol–water partition coefficient (Wildman–Crippen LogP) is 2.66. The summed E-state index contributed by atoms with van der Waals surface area (Å²) in [5.41, 5.74) is 0.836. The van der Waals surface area contributed by atoms with Crippen LogP contribution in [0.4, 0.5) is 0 Å². The molecule has 2 N–H and O–H groups in total. The largest absolute Gasteiger partial charge is 0.497 e. The van der Waals surface area contributed by atoms with Crippen LogP contribution in [0.15, 0.2) is 29.2 Å². The zero-order valence-corrected chi connectivity index (χ0v) is 17.3. The fraction of sp³-hybridized carbons (Fsp3) is 0.368. The maximum absolute atomic E-state index is 12.6. The highest BCUT2D eigenvalue weighted by atomic mass is 32.2. The normalized spacial score (nSPS) is 16.4. The Balaban J connectivity index is 1.96. The number of aliphatic carboxylic acids is 1. The molecule has 1 atom stereocenters. The minimum Gasteiger partial charge on any atom is -0.497 e. The molecule has 1 aromatic carbocycles. The topological polar surface area (TPSA) is 95.9 Å². The number of hydrogen-bond acceptors (Lipinski definition) is 6. The van der Waals surface area contributed by atoms with Crippen LogP contribution < -0.4 is 10.1 Å². The van der Waals surface area contributed by atoms with E-state index in [1.54, 1.807) is 25.3 Å². The first-order chi connectivity index (χ1) is 13.3. The number of thiocarbonyl (C=S) groups is 1. The van der Waals surface area contributed by atoms with Crippen molar-refractivity contribution < 1.29 is 24.2 Å². The lowest BCUT2D eigenvalue weighted by Gasteiger charge is -2.16. The van der Waals surface area contributed by atoms with E-state index in [2.05, 4.69) is 5.32 Å². The molecule has 2 rings (SSSR count). The number of amides is 2. The molecule has 1 heterocycles. The van der Waals surface area contributed by atoms with Crippen LogP contribution in [0.3, 0.4) is 0 Å². The lowest BCUT2D eigenvalue weighted by Crippen LogP contribution is -2.42. The molecule has 0 unspecified atom stereocenters. The molecule has 0 spiro atoms. The molecular formula is C19H22N2O5S2. The third-order valence-corrected chi connectivity index (χ3v) is 5.44. The lowest BCUT2D eigenvalue weighted by molar-refractivity contribution is -0.142. The number of carboxylic acid groups (broad SMARTS) is 1. The van der Waals surface area contributed by atoms with Crippen molar-refractivity contribution in [2.24, 2.45) is 0 Å². The second-order valence-electron chi connectivity index (χ2n) is 6.10. The first-order valence-corrected chi connectivity index (χ1v) is 9.99. The van der Waals surface area contributed by atoms with Crippen molar-refractivity contribution in [1.29, 1.82) is 0 Å². The molecule has 1 saturated heterocycles. The monoisotopic (exact) mass is 422 g/mol. The molecule has 1 aliphatic rings. The van der Waals surface area contributed by atoms with Gasteiger partial charge < -0.3 is 15.2 Å². The summed E-state index contributed by atoms with van der Waals surface area (Å²) >= 11 is 6.43. The van der Waals surface area contributed by atoms with Crippen LogP contribution >= 0.6 is 24.0 Å². The van der Waals surface area contributed by atoms with Gasteiger partial charge in [0.1, 0.15) is 16.1 Å². The highest BCUT2D eigenvalue weighted by Gasteiger charge is 2.32. The number of methoxy groups -OCH3 is 1. The summed E-state index contributed by atoms with van der Waals surface area (Å²) < 4.78 is 5.49. The number of nitrogens with one attached hydrogen (secondary N) is 1. The van der Waals surface area contributed by atoms with E-state index in [0.29, 0.717) is 22.1 Å². The summed E-state index contributed by atoms with van der Waals surface area (Å²) in [6.07, 6.45) is 2.71. The van der Waals surface area contributed by atoms with Gasteiger partial charge in [-0.25, -0.2) is 4.79 Å². The Morgan fingerprint density at radius 1 is 1.36 bits per heavy atom. The number of ether oxygens (including phenoxy) is 1. The van der Waals surface area contributed by atoms with Crippen molar-refractivity contribution in [3.8, 4) is 5.75 Å². The first-order valence-electron chi connectivity index (χ1n) is 8.77. The minimum atomic E-state index is -1.07. The summed E-state index contributed by atoms with van der Waals surface area (Å²) in [6, 6.07) is 6.34. The second kappa shape index (κ2) is 10.2. The molecule has 1 fully saturated rings. The number of benzene rings is 1. The summed E-state index contributed by atoms with van der Waals surface area (Å²) in [5.74, 6) is -1.03. The highest BCUT2D eigenvalue weighted by Crippen LogP contribution is 2.32. The Bertz CT molecular complexity index is 792. The van der Waals surface area contributed by atoms with Gasteiger partial charge in [-0.05, 0) is 30.2 Å². The summed E-state index contributed by atoms with van der Waals surface area (Å²) in [7, 11) is 1.58. The Kier molecular flexibility index (Phi) is 8.01.